The van der Waals surface area contributed by atoms with Crippen LogP contribution in [0.2, 0.25) is 0 Å². The lowest BCUT2D eigenvalue weighted by molar-refractivity contribution is -0.116. The summed E-state index contributed by atoms with van der Waals surface area (Å²) in [5, 5.41) is 12.8. The van der Waals surface area contributed by atoms with Crippen molar-refractivity contribution in [1.29, 1.82) is 0 Å². The third-order valence-corrected chi connectivity index (χ3v) is 7.27. The fourth-order valence-electron chi connectivity index (χ4n) is 5.08. The van der Waals surface area contributed by atoms with Crippen molar-refractivity contribution in [3.05, 3.63) is 55.0 Å². The Morgan fingerprint density at radius 1 is 1.03 bits per heavy atom. The van der Waals surface area contributed by atoms with Crippen LogP contribution in [0.25, 0.3) is 44.5 Å². The lowest BCUT2D eigenvalue weighted by Gasteiger charge is -2.34. The van der Waals surface area contributed by atoms with E-state index in [-0.39, 0.29) is 5.91 Å². The van der Waals surface area contributed by atoms with Gasteiger partial charge < -0.3 is 20.1 Å². The van der Waals surface area contributed by atoms with Crippen molar-refractivity contribution in [3.8, 4) is 22.5 Å². The topological polar surface area (TPSA) is 106 Å². The maximum absolute atomic E-state index is 12.2. The minimum Gasteiger partial charge on any atom is -0.368 e. The van der Waals surface area contributed by atoms with Gasteiger partial charge in [0.1, 0.15) is 5.69 Å². The van der Waals surface area contributed by atoms with Crippen molar-refractivity contribution in [1.82, 2.24) is 30.0 Å². The first-order chi connectivity index (χ1) is 18.6. The highest BCUT2D eigenvalue weighted by atomic mass is 16.1. The highest BCUT2D eigenvalue weighted by Crippen LogP contribution is 2.34. The van der Waals surface area contributed by atoms with Gasteiger partial charge in [-0.1, -0.05) is 19.4 Å². The molecule has 1 fully saturated rings. The summed E-state index contributed by atoms with van der Waals surface area (Å²) in [7, 11) is 2.17. The molecule has 0 saturated carbocycles. The average Bonchev–Trinajstić information content (AvgIpc) is 3.56. The van der Waals surface area contributed by atoms with Gasteiger partial charge in [0.25, 0.3) is 0 Å². The maximum atomic E-state index is 12.2. The van der Waals surface area contributed by atoms with Gasteiger partial charge in [0.2, 0.25) is 5.91 Å². The predicted octanol–water partition coefficient (Wildman–Crippen LogP) is 5.05. The van der Waals surface area contributed by atoms with Gasteiger partial charge in [0.05, 0.1) is 17.6 Å². The fraction of sp³-hybridized carbons (Fsp3) is 0.310. The molecule has 1 aliphatic heterocycles. The normalized spacial score (nSPS) is 14.4. The van der Waals surface area contributed by atoms with Crippen molar-refractivity contribution in [2.45, 2.75) is 26.2 Å². The van der Waals surface area contributed by atoms with Crippen LogP contribution < -0.4 is 10.2 Å². The van der Waals surface area contributed by atoms with Crippen LogP contribution in [0.4, 0.5) is 11.4 Å². The highest BCUT2D eigenvalue weighted by Gasteiger charge is 2.19. The summed E-state index contributed by atoms with van der Waals surface area (Å²) in [6.07, 6.45) is 7.63. The summed E-state index contributed by atoms with van der Waals surface area (Å²) in [5.41, 5.74) is 7.31. The molecule has 0 radical (unpaired) electrons. The summed E-state index contributed by atoms with van der Waals surface area (Å²) in [6.45, 7) is 6.22. The largest absolute Gasteiger partial charge is 0.368 e. The molecule has 0 aliphatic carbocycles. The summed E-state index contributed by atoms with van der Waals surface area (Å²) in [4.78, 5) is 29.6. The van der Waals surface area contributed by atoms with Crippen molar-refractivity contribution in [2.24, 2.45) is 0 Å². The molecule has 4 aromatic heterocycles. The number of piperazine rings is 1. The zero-order valence-corrected chi connectivity index (χ0v) is 21.8. The predicted molar refractivity (Wildman–Crippen MR) is 152 cm³/mol. The van der Waals surface area contributed by atoms with E-state index in [0.29, 0.717) is 12.1 Å². The Kier molecular flexibility index (Phi) is 6.51. The molecule has 0 spiro atoms. The zero-order chi connectivity index (χ0) is 26.1. The number of H-pyrrole nitrogens is 2. The molecule has 1 aromatic carbocycles. The van der Waals surface area contributed by atoms with Gasteiger partial charge in [0, 0.05) is 78.1 Å². The maximum Gasteiger partial charge on any atom is 0.224 e. The number of carbonyl (C=O) groups excluding carboxylic acids is 1. The number of unbranched alkanes of at least 4 members (excludes halogenated alkanes) is 1. The Morgan fingerprint density at radius 3 is 2.71 bits per heavy atom. The summed E-state index contributed by atoms with van der Waals surface area (Å²) >= 11 is 0. The molecule has 5 aromatic rings. The van der Waals surface area contributed by atoms with Gasteiger partial charge in [-0.05, 0) is 43.8 Å². The lowest BCUT2D eigenvalue weighted by atomic mass is 10.1. The van der Waals surface area contributed by atoms with Crippen molar-refractivity contribution >= 4 is 39.2 Å². The van der Waals surface area contributed by atoms with Crippen LogP contribution in [0.5, 0.6) is 0 Å². The first-order valence-corrected chi connectivity index (χ1v) is 13.2. The number of aromatic nitrogens is 5. The second-order valence-electron chi connectivity index (χ2n) is 10.0. The van der Waals surface area contributed by atoms with Crippen LogP contribution >= 0.6 is 0 Å². The molecular weight excluding hydrogens is 476 g/mol. The number of pyridine rings is 2. The van der Waals surface area contributed by atoms with E-state index in [1.807, 2.05) is 6.07 Å². The molecule has 6 rings (SSSR count). The van der Waals surface area contributed by atoms with E-state index in [2.05, 4.69) is 84.6 Å². The Hall–Kier alpha value is -4.24. The van der Waals surface area contributed by atoms with Crippen LogP contribution in [0.3, 0.4) is 0 Å². The minimum atomic E-state index is 0.00579. The van der Waals surface area contributed by atoms with Crippen LogP contribution in [0, 0.1) is 0 Å². The molecule has 0 bridgehead atoms. The Labute approximate surface area is 221 Å². The molecule has 9 nitrogen and oxygen atoms in total. The lowest BCUT2D eigenvalue weighted by Crippen LogP contribution is -2.44. The molecule has 5 heterocycles. The second-order valence-corrected chi connectivity index (χ2v) is 10.0. The quantitative estimate of drug-likeness (QED) is 0.284. The van der Waals surface area contributed by atoms with Gasteiger partial charge in [-0.2, -0.15) is 5.10 Å². The number of nitrogens with zero attached hydrogens (tertiary/aromatic N) is 5. The van der Waals surface area contributed by atoms with Crippen LogP contribution in [-0.2, 0) is 4.79 Å². The molecule has 194 valence electrons. The van der Waals surface area contributed by atoms with E-state index >= 15 is 0 Å². The first kappa shape index (κ1) is 24.1. The van der Waals surface area contributed by atoms with Gasteiger partial charge in [-0.15, -0.1) is 0 Å². The number of hydrogen-bond donors (Lipinski definition) is 3. The molecular formula is C29H32N8O. The van der Waals surface area contributed by atoms with Crippen LogP contribution in [-0.4, -0.2) is 69.2 Å². The SMILES string of the molecule is CCCCC(=O)Nc1cncc(-c2cnc3[nH]nc(-c4cc5c(N6CCN(C)CC6)cccc5[nH]4)c3c2)c1. The monoisotopic (exact) mass is 508 g/mol. The summed E-state index contributed by atoms with van der Waals surface area (Å²) in [5.74, 6) is 0.00579. The fourth-order valence-corrected chi connectivity index (χ4v) is 5.08. The summed E-state index contributed by atoms with van der Waals surface area (Å²) in [6, 6.07) is 12.6. The number of likely N-dealkylation sites (N-methyl/N-ethyl adjacent to an activating group) is 1. The third-order valence-electron chi connectivity index (χ3n) is 7.27. The van der Waals surface area contributed by atoms with E-state index in [1.165, 1.54) is 11.1 Å². The van der Waals surface area contributed by atoms with Crippen LogP contribution in [0.1, 0.15) is 26.2 Å². The standard InChI is InChI=1S/C29H32N8O/c1-3-4-8-27(38)32-21-13-19(16-30-18-21)20-14-23-28(34-35-29(23)31-17-20)25-15-22-24(33-25)6-5-7-26(22)37-11-9-36(2)10-12-37/h5-7,13-18,33H,3-4,8-12H2,1-2H3,(H,32,38)(H,31,34,35). The molecule has 3 N–H and O–H groups in total. The van der Waals surface area contributed by atoms with E-state index in [0.717, 1.165) is 78.1 Å². The molecule has 0 unspecified atom stereocenters. The second kappa shape index (κ2) is 10.3. The number of aromatic amines is 2. The van der Waals surface area contributed by atoms with Gasteiger partial charge in [0.15, 0.2) is 5.65 Å². The molecule has 0 atom stereocenters. The van der Waals surface area contributed by atoms with Gasteiger partial charge in [-0.25, -0.2) is 4.98 Å². The molecule has 38 heavy (non-hydrogen) atoms. The number of anilines is 2. The Balaban J connectivity index is 1.33. The number of benzene rings is 1. The number of rotatable bonds is 7. The number of nitrogens with one attached hydrogen (secondary N) is 3. The number of fused-ring (bicyclic) bond motifs is 2. The average molecular weight is 509 g/mol. The third kappa shape index (κ3) is 4.72. The zero-order valence-electron chi connectivity index (χ0n) is 21.8. The van der Waals surface area contributed by atoms with Gasteiger partial charge >= 0.3 is 0 Å². The van der Waals surface area contributed by atoms with E-state index in [9.17, 15) is 4.79 Å². The smallest absolute Gasteiger partial charge is 0.224 e. The Bertz CT molecular complexity index is 1600. The molecule has 1 amide bonds. The van der Waals surface area contributed by atoms with E-state index < -0.39 is 0 Å². The summed E-state index contributed by atoms with van der Waals surface area (Å²) < 4.78 is 0. The van der Waals surface area contributed by atoms with Crippen LogP contribution in [0.15, 0.2) is 55.0 Å². The minimum absolute atomic E-state index is 0.00579. The number of hydrogen-bond acceptors (Lipinski definition) is 6. The van der Waals surface area contributed by atoms with Crippen molar-refractivity contribution in [2.75, 3.05) is 43.4 Å². The highest BCUT2D eigenvalue weighted by molar-refractivity contribution is 6.00. The number of amides is 1. The van der Waals surface area contributed by atoms with E-state index in [1.54, 1.807) is 18.6 Å². The first-order valence-electron chi connectivity index (χ1n) is 13.2. The molecule has 9 heteroatoms. The van der Waals surface area contributed by atoms with E-state index in [4.69, 9.17) is 0 Å². The van der Waals surface area contributed by atoms with Gasteiger partial charge in [-0.3, -0.25) is 14.9 Å². The Morgan fingerprint density at radius 2 is 1.87 bits per heavy atom. The molecule has 1 aliphatic rings. The van der Waals surface area contributed by atoms with Crippen molar-refractivity contribution < 1.29 is 4.79 Å². The molecule has 1 saturated heterocycles. The number of carbonyl (C=O) groups is 1. The van der Waals surface area contributed by atoms with Crippen molar-refractivity contribution in [3.63, 3.8) is 0 Å².